The number of carbonyl (C=O) groups is 1. The Bertz CT molecular complexity index is 413. The van der Waals surface area contributed by atoms with Crippen LogP contribution in [0.25, 0.3) is 0 Å². The van der Waals surface area contributed by atoms with Crippen LogP contribution in [0, 0.1) is 13.8 Å². The fourth-order valence-electron chi connectivity index (χ4n) is 1.61. The summed E-state index contributed by atoms with van der Waals surface area (Å²) in [5, 5.41) is 8.93. The minimum absolute atomic E-state index is 0.0373. The molecule has 0 aliphatic heterocycles. The second kappa shape index (κ2) is 6.21. The van der Waals surface area contributed by atoms with Gasteiger partial charge in [0.2, 0.25) is 0 Å². The molecule has 1 N–H and O–H groups in total. The number of aliphatic hydroxyl groups is 1. The minimum Gasteiger partial charge on any atom is -0.395 e. The molecular formula is C14H19NO2. The van der Waals surface area contributed by atoms with Gasteiger partial charge in [0.15, 0.2) is 0 Å². The zero-order valence-electron chi connectivity index (χ0n) is 10.4. The summed E-state index contributed by atoms with van der Waals surface area (Å²) in [4.78, 5) is 13.7. The third-order valence-corrected chi connectivity index (χ3v) is 2.76. The molecule has 0 saturated heterocycles. The molecule has 1 aromatic rings. The molecule has 0 heterocycles. The molecule has 3 nitrogen and oxygen atoms in total. The normalized spacial score (nSPS) is 10.1. The highest BCUT2D eigenvalue weighted by Crippen LogP contribution is 2.12. The molecule has 0 aromatic heterocycles. The van der Waals surface area contributed by atoms with Crippen molar-refractivity contribution in [3.8, 4) is 0 Å². The summed E-state index contributed by atoms with van der Waals surface area (Å²) >= 11 is 0. The van der Waals surface area contributed by atoms with Gasteiger partial charge in [-0.1, -0.05) is 12.1 Å². The monoisotopic (exact) mass is 233 g/mol. The molecule has 0 unspecified atom stereocenters. The smallest absolute Gasteiger partial charge is 0.254 e. The van der Waals surface area contributed by atoms with E-state index >= 15 is 0 Å². The summed E-state index contributed by atoms with van der Waals surface area (Å²) < 4.78 is 0. The van der Waals surface area contributed by atoms with Crippen molar-refractivity contribution in [1.29, 1.82) is 0 Å². The highest BCUT2D eigenvalue weighted by atomic mass is 16.3. The van der Waals surface area contributed by atoms with E-state index in [9.17, 15) is 4.79 Å². The molecule has 1 amide bonds. The number of hydrogen-bond acceptors (Lipinski definition) is 2. The fraction of sp³-hybridized carbons (Fsp3) is 0.357. The number of benzene rings is 1. The Kier molecular flexibility index (Phi) is 4.91. The first kappa shape index (κ1) is 13.5. The SMILES string of the molecule is C=CCN(CCO)C(=O)c1ccc(C)c(C)c1. The van der Waals surface area contributed by atoms with Gasteiger partial charge in [-0.25, -0.2) is 0 Å². The van der Waals surface area contributed by atoms with Crippen molar-refractivity contribution in [3.05, 3.63) is 47.5 Å². The molecule has 0 bridgehead atoms. The van der Waals surface area contributed by atoms with Gasteiger partial charge < -0.3 is 10.0 Å². The largest absolute Gasteiger partial charge is 0.395 e. The molecule has 0 spiro atoms. The average molecular weight is 233 g/mol. The molecule has 1 rings (SSSR count). The van der Waals surface area contributed by atoms with E-state index in [4.69, 9.17) is 5.11 Å². The van der Waals surface area contributed by atoms with Gasteiger partial charge in [-0.2, -0.15) is 0 Å². The van der Waals surface area contributed by atoms with Crippen molar-refractivity contribution in [3.63, 3.8) is 0 Å². The van der Waals surface area contributed by atoms with Crippen molar-refractivity contribution in [2.75, 3.05) is 19.7 Å². The van der Waals surface area contributed by atoms with Gasteiger partial charge in [0.05, 0.1) is 6.61 Å². The summed E-state index contributed by atoms with van der Waals surface area (Å²) in [5.41, 5.74) is 2.92. The van der Waals surface area contributed by atoms with Gasteiger partial charge in [0, 0.05) is 18.7 Å². The summed E-state index contributed by atoms with van der Waals surface area (Å²) in [7, 11) is 0. The van der Waals surface area contributed by atoms with Gasteiger partial charge in [-0.3, -0.25) is 4.79 Å². The van der Waals surface area contributed by atoms with E-state index in [1.54, 1.807) is 11.0 Å². The number of rotatable bonds is 5. The van der Waals surface area contributed by atoms with Gasteiger partial charge in [0.25, 0.3) is 5.91 Å². The van der Waals surface area contributed by atoms with E-state index in [1.165, 1.54) is 5.56 Å². The van der Waals surface area contributed by atoms with Crippen LogP contribution in [0.2, 0.25) is 0 Å². The first-order chi connectivity index (χ1) is 8.10. The van der Waals surface area contributed by atoms with Crippen LogP contribution in [-0.4, -0.2) is 35.6 Å². The van der Waals surface area contributed by atoms with Crippen molar-refractivity contribution in [2.45, 2.75) is 13.8 Å². The van der Waals surface area contributed by atoms with Crippen LogP contribution < -0.4 is 0 Å². The molecule has 92 valence electrons. The molecule has 0 saturated carbocycles. The second-order valence-electron chi connectivity index (χ2n) is 4.06. The first-order valence-corrected chi connectivity index (χ1v) is 5.68. The van der Waals surface area contributed by atoms with E-state index < -0.39 is 0 Å². The standard InChI is InChI=1S/C14H19NO2/c1-4-7-15(8-9-16)14(17)13-6-5-11(2)12(3)10-13/h4-6,10,16H,1,7-9H2,2-3H3. The quantitative estimate of drug-likeness (QED) is 0.789. The summed E-state index contributed by atoms with van der Waals surface area (Å²) in [6.07, 6.45) is 1.66. The zero-order chi connectivity index (χ0) is 12.8. The van der Waals surface area contributed by atoms with Gasteiger partial charge >= 0.3 is 0 Å². The van der Waals surface area contributed by atoms with Crippen molar-refractivity contribution >= 4 is 5.91 Å². The molecule has 0 radical (unpaired) electrons. The summed E-state index contributed by atoms with van der Waals surface area (Å²) in [6, 6.07) is 5.64. The lowest BCUT2D eigenvalue weighted by atomic mass is 10.1. The van der Waals surface area contributed by atoms with Gasteiger partial charge in [-0.05, 0) is 37.1 Å². The first-order valence-electron chi connectivity index (χ1n) is 5.68. The predicted molar refractivity (Wildman–Crippen MR) is 69.1 cm³/mol. The highest BCUT2D eigenvalue weighted by molar-refractivity contribution is 5.94. The van der Waals surface area contributed by atoms with Crippen LogP contribution in [-0.2, 0) is 0 Å². The van der Waals surface area contributed by atoms with E-state index in [1.807, 2.05) is 32.0 Å². The Morgan fingerprint density at radius 2 is 2.12 bits per heavy atom. The fourth-order valence-corrected chi connectivity index (χ4v) is 1.61. The third-order valence-electron chi connectivity index (χ3n) is 2.76. The van der Waals surface area contributed by atoms with Crippen molar-refractivity contribution < 1.29 is 9.90 Å². The lowest BCUT2D eigenvalue weighted by Gasteiger charge is -2.20. The molecule has 1 aromatic carbocycles. The maximum atomic E-state index is 12.2. The Morgan fingerprint density at radius 1 is 1.41 bits per heavy atom. The lowest BCUT2D eigenvalue weighted by molar-refractivity contribution is 0.0743. The number of aryl methyl sites for hydroxylation is 2. The summed E-state index contributed by atoms with van der Waals surface area (Å²) in [6.45, 7) is 8.35. The second-order valence-corrected chi connectivity index (χ2v) is 4.06. The Hall–Kier alpha value is -1.61. The van der Waals surface area contributed by atoms with Crippen LogP contribution in [0.1, 0.15) is 21.5 Å². The average Bonchev–Trinajstić information content (AvgIpc) is 2.31. The lowest BCUT2D eigenvalue weighted by Crippen LogP contribution is -2.33. The minimum atomic E-state index is -0.0675. The van der Waals surface area contributed by atoms with E-state index in [0.29, 0.717) is 18.7 Å². The molecule has 0 aliphatic rings. The Morgan fingerprint density at radius 3 is 2.65 bits per heavy atom. The zero-order valence-corrected chi connectivity index (χ0v) is 10.4. The van der Waals surface area contributed by atoms with Crippen LogP contribution in [0.15, 0.2) is 30.9 Å². The number of amides is 1. The van der Waals surface area contributed by atoms with Gasteiger partial charge in [-0.15, -0.1) is 6.58 Å². The molecule has 3 heteroatoms. The topological polar surface area (TPSA) is 40.5 Å². The Balaban J connectivity index is 2.92. The van der Waals surface area contributed by atoms with Crippen LogP contribution >= 0.6 is 0 Å². The Labute approximate surface area is 102 Å². The van der Waals surface area contributed by atoms with E-state index in [2.05, 4.69) is 6.58 Å². The molecule has 0 fully saturated rings. The summed E-state index contributed by atoms with van der Waals surface area (Å²) in [5.74, 6) is -0.0675. The van der Waals surface area contributed by atoms with E-state index in [-0.39, 0.29) is 12.5 Å². The maximum absolute atomic E-state index is 12.2. The maximum Gasteiger partial charge on any atom is 0.254 e. The van der Waals surface area contributed by atoms with Crippen LogP contribution in [0.3, 0.4) is 0 Å². The molecular weight excluding hydrogens is 214 g/mol. The number of carbonyl (C=O) groups excluding carboxylic acids is 1. The molecule has 0 atom stereocenters. The van der Waals surface area contributed by atoms with Crippen LogP contribution in [0.5, 0.6) is 0 Å². The predicted octanol–water partition coefficient (Wildman–Crippen LogP) is 1.92. The number of hydrogen-bond donors (Lipinski definition) is 1. The van der Waals surface area contributed by atoms with Crippen molar-refractivity contribution in [2.24, 2.45) is 0 Å². The third kappa shape index (κ3) is 3.43. The van der Waals surface area contributed by atoms with Gasteiger partial charge in [0.1, 0.15) is 0 Å². The number of aliphatic hydroxyl groups excluding tert-OH is 1. The molecule has 0 aliphatic carbocycles. The highest BCUT2D eigenvalue weighted by Gasteiger charge is 2.14. The van der Waals surface area contributed by atoms with E-state index in [0.717, 1.165) is 5.56 Å². The molecule has 17 heavy (non-hydrogen) atoms. The van der Waals surface area contributed by atoms with Crippen molar-refractivity contribution in [1.82, 2.24) is 4.90 Å². The number of nitrogens with zero attached hydrogens (tertiary/aromatic N) is 1. The van der Waals surface area contributed by atoms with Crippen LogP contribution in [0.4, 0.5) is 0 Å².